The molecule has 2 N–H and O–H groups in total. The van der Waals surface area contributed by atoms with Crippen LogP contribution in [-0.2, 0) is 0 Å². The molecule has 4 rings (SSSR count). The van der Waals surface area contributed by atoms with Crippen LogP contribution in [0.5, 0.6) is 0 Å². The second-order valence-electron chi connectivity index (χ2n) is 6.81. The van der Waals surface area contributed by atoms with Crippen molar-refractivity contribution in [2.24, 2.45) is 0 Å². The molecule has 0 aliphatic carbocycles. The van der Waals surface area contributed by atoms with E-state index >= 15 is 0 Å². The number of hydrogen-bond donors (Lipinski definition) is 2. The van der Waals surface area contributed by atoms with Crippen LogP contribution >= 0.6 is 23.1 Å². The topological polar surface area (TPSA) is 88.4 Å². The maximum absolute atomic E-state index is 13.0. The van der Waals surface area contributed by atoms with E-state index in [-0.39, 0.29) is 17.9 Å². The number of amides is 2. The third kappa shape index (κ3) is 4.95. The zero-order valence-corrected chi connectivity index (χ0v) is 18.5. The number of carbonyl (C=O) groups excluding carboxylic acids is 2. The Hall–Kier alpha value is -3.17. The van der Waals surface area contributed by atoms with Crippen LogP contribution in [0.15, 0.2) is 66.2 Å². The summed E-state index contributed by atoms with van der Waals surface area (Å²) in [5.74, 6) is 1.13. The molecule has 0 aliphatic heterocycles. The number of benzene rings is 1. The molecule has 31 heavy (non-hydrogen) atoms. The van der Waals surface area contributed by atoms with E-state index < -0.39 is 0 Å². The van der Waals surface area contributed by atoms with E-state index in [1.165, 1.54) is 11.3 Å². The number of rotatable bonds is 8. The molecule has 3 aromatic heterocycles. The van der Waals surface area contributed by atoms with Crippen LogP contribution in [0.25, 0.3) is 5.65 Å². The molecule has 0 aliphatic rings. The van der Waals surface area contributed by atoms with Crippen molar-refractivity contribution in [3.63, 3.8) is 0 Å². The van der Waals surface area contributed by atoms with E-state index in [4.69, 9.17) is 0 Å². The Morgan fingerprint density at radius 3 is 2.81 bits per heavy atom. The number of nitrogens with zero attached hydrogens (tertiary/aromatic N) is 3. The highest BCUT2D eigenvalue weighted by molar-refractivity contribution is 7.98. The number of thiophene rings is 1. The highest BCUT2D eigenvalue weighted by atomic mass is 32.2. The summed E-state index contributed by atoms with van der Waals surface area (Å²) in [6.07, 6.45) is 4.64. The van der Waals surface area contributed by atoms with Gasteiger partial charge in [-0.3, -0.25) is 14.0 Å². The smallest absolute Gasteiger partial charge is 0.265 e. The number of aromatic nitrogens is 3. The van der Waals surface area contributed by atoms with Crippen molar-refractivity contribution in [3.05, 3.63) is 82.4 Å². The maximum Gasteiger partial charge on any atom is 0.265 e. The van der Waals surface area contributed by atoms with Gasteiger partial charge in [0.1, 0.15) is 0 Å². The monoisotopic (exact) mass is 451 g/mol. The first-order valence-corrected chi connectivity index (χ1v) is 12.0. The van der Waals surface area contributed by atoms with Crippen LogP contribution in [0.2, 0.25) is 0 Å². The number of fused-ring (bicyclic) bond motifs is 1. The highest BCUT2D eigenvalue weighted by Gasteiger charge is 2.21. The molecule has 0 radical (unpaired) electrons. The van der Waals surface area contributed by atoms with Gasteiger partial charge in [-0.2, -0.15) is 11.8 Å². The van der Waals surface area contributed by atoms with Crippen molar-refractivity contribution in [2.45, 2.75) is 12.5 Å². The van der Waals surface area contributed by atoms with Crippen molar-refractivity contribution in [1.29, 1.82) is 0 Å². The summed E-state index contributed by atoms with van der Waals surface area (Å²) in [6.45, 7) is 0. The normalized spacial score (nSPS) is 11.9. The molecule has 0 saturated heterocycles. The minimum atomic E-state index is -0.290. The van der Waals surface area contributed by atoms with E-state index in [0.717, 1.165) is 17.8 Å². The van der Waals surface area contributed by atoms with E-state index in [1.807, 2.05) is 46.5 Å². The number of pyridine rings is 1. The molecular weight excluding hydrogens is 430 g/mol. The molecule has 1 unspecified atom stereocenters. The van der Waals surface area contributed by atoms with Gasteiger partial charge in [-0.05, 0) is 60.2 Å². The lowest BCUT2D eigenvalue weighted by atomic mass is 10.1. The average molecular weight is 452 g/mol. The van der Waals surface area contributed by atoms with Gasteiger partial charge in [-0.15, -0.1) is 21.5 Å². The maximum atomic E-state index is 13.0. The molecule has 1 atom stereocenters. The third-order valence-electron chi connectivity index (χ3n) is 4.70. The summed E-state index contributed by atoms with van der Waals surface area (Å²) >= 11 is 3.08. The second kappa shape index (κ2) is 9.76. The molecule has 0 saturated carbocycles. The second-order valence-corrected chi connectivity index (χ2v) is 8.74. The van der Waals surface area contributed by atoms with Crippen LogP contribution in [-0.4, -0.2) is 38.4 Å². The number of hydrogen-bond acceptors (Lipinski definition) is 6. The number of carbonyl (C=O) groups is 2. The number of thioether (sulfide) groups is 1. The van der Waals surface area contributed by atoms with Crippen LogP contribution in [0.3, 0.4) is 0 Å². The highest BCUT2D eigenvalue weighted by Crippen LogP contribution is 2.20. The molecule has 2 amide bonds. The summed E-state index contributed by atoms with van der Waals surface area (Å²) < 4.78 is 1.89. The first kappa shape index (κ1) is 21.1. The Bertz CT molecular complexity index is 1190. The van der Waals surface area contributed by atoms with Gasteiger partial charge in [0.15, 0.2) is 11.5 Å². The molecular formula is C22H21N5O2S2. The first-order chi connectivity index (χ1) is 15.2. The zero-order chi connectivity index (χ0) is 21.6. The molecule has 1 aromatic carbocycles. The summed E-state index contributed by atoms with van der Waals surface area (Å²) in [5, 5.41) is 16.3. The van der Waals surface area contributed by atoms with Crippen LogP contribution in [0.4, 0.5) is 5.69 Å². The molecule has 0 spiro atoms. The molecule has 0 fully saturated rings. The summed E-state index contributed by atoms with van der Waals surface area (Å²) in [4.78, 5) is 26.0. The van der Waals surface area contributed by atoms with Gasteiger partial charge in [-0.1, -0.05) is 18.2 Å². The van der Waals surface area contributed by atoms with Gasteiger partial charge < -0.3 is 10.6 Å². The Morgan fingerprint density at radius 2 is 2.00 bits per heavy atom. The van der Waals surface area contributed by atoms with Crippen molar-refractivity contribution >= 4 is 46.2 Å². The lowest BCUT2D eigenvalue weighted by molar-refractivity contribution is 0.0932. The van der Waals surface area contributed by atoms with Gasteiger partial charge in [-0.25, -0.2) is 0 Å². The van der Waals surface area contributed by atoms with Crippen molar-refractivity contribution in [1.82, 2.24) is 19.9 Å². The Balaban J connectivity index is 1.52. The average Bonchev–Trinajstić information content (AvgIpc) is 3.47. The molecule has 158 valence electrons. The van der Waals surface area contributed by atoms with Gasteiger partial charge in [0.2, 0.25) is 0 Å². The predicted octanol–water partition coefficient (Wildman–Crippen LogP) is 4.27. The SMILES string of the molecule is CSCCC(NC(=O)c1cccc(NC(=O)c2cccs2)c1)c1nnc2ccccn12. The Labute approximate surface area is 187 Å². The summed E-state index contributed by atoms with van der Waals surface area (Å²) in [7, 11) is 0. The van der Waals surface area contributed by atoms with Gasteiger partial charge >= 0.3 is 0 Å². The lowest BCUT2D eigenvalue weighted by Crippen LogP contribution is -2.30. The molecule has 0 bridgehead atoms. The number of anilines is 1. The molecule has 3 heterocycles. The standard InChI is InChI=1S/C22H21N5O2S2/c1-30-13-10-17(20-26-25-19-9-2-3-11-27(19)20)24-21(28)15-6-4-7-16(14-15)23-22(29)18-8-5-12-31-18/h2-9,11-12,14,17H,10,13H2,1H3,(H,23,29)(H,24,28). The van der Waals surface area contributed by atoms with Gasteiger partial charge in [0.05, 0.1) is 10.9 Å². The van der Waals surface area contributed by atoms with Crippen LogP contribution < -0.4 is 10.6 Å². The van der Waals surface area contributed by atoms with Crippen LogP contribution in [0.1, 0.15) is 38.3 Å². The van der Waals surface area contributed by atoms with E-state index in [0.29, 0.717) is 22.0 Å². The van der Waals surface area contributed by atoms with Gasteiger partial charge in [0, 0.05) is 17.4 Å². The zero-order valence-electron chi connectivity index (χ0n) is 16.8. The molecule has 9 heteroatoms. The van der Waals surface area contributed by atoms with Crippen molar-refractivity contribution < 1.29 is 9.59 Å². The number of nitrogens with one attached hydrogen (secondary N) is 2. The quantitative estimate of drug-likeness (QED) is 0.418. The Morgan fingerprint density at radius 1 is 1.10 bits per heavy atom. The van der Waals surface area contributed by atoms with E-state index in [1.54, 1.807) is 42.1 Å². The van der Waals surface area contributed by atoms with Gasteiger partial charge in [0.25, 0.3) is 11.8 Å². The minimum absolute atomic E-state index is 0.194. The fourth-order valence-electron chi connectivity index (χ4n) is 3.18. The summed E-state index contributed by atoms with van der Waals surface area (Å²) in [6, 6.07) is 15.9. The summed E-state index contributed by atoms with van der Waals surface area (Å²) in [5.41, 5.74) is 1.77. The molecule has 4 aromatic rings. The predicted molar refractivity (Wildman–Crippen MR) is 125 cm³/mol. The van der Waals surface area contributed by atoms with E-state index in [2.05, 4.69) is 20.8 Å². The van der Waals surface area contributed by atoms with E-state index in [9.17, 15) is 9.59 Å². The third-order valence-corrected chi connectivity index (χ3v) is 6.21. The van der Waals surface area contributed by atoms with Crippen LogP contribution in [0, 0.1) is 0 Å². The minimum Gasteiger partial charge on any atom is -0.342 e. The fourth-order valence-corrected chi connectivity index (χ4v) is 4.27. The van der Waals surface area contributed by atoms with Crippen molar-refractivity contribution in [3.8, 4) is 0 Å². The molecule has 7 nitrogen and oxygen atoms in total. The first-order valence-electron chi connectivity index (χ1n) is 9.70. The largest absolute Gasteiger partial charge is 0.342 e. The van der Waals surface area contributed by atoms with Crippen molar-refractivity contribution in [2.75, 3.05) is 17.3 Å². The Kier molecular flexibility index (Phi) is 6.63. The fraction of sp³-hybridized carbons (Fsp3) is 0.182. The lowest BCUT2D eigenvalue weighted by Gasteiger charge is -2.17.